The van der Waals surface area contributed by atoms with Crippen molar-refractivity contribution in [3.05, 3.63) is 46.6 Å². The number of nitrogens with zero attached hydrogens (tertiary/aromatic N) is 4. The minimum Gasteiger partial charge on any atom is -0.396 e. The lowest BCUT2D eigenvalue weighted by Gasteiger charge is -2.15. The zero-order valence-electron chi connectivity index (χ0n) is 13.1. The maximum atomic E-state index is 9.23. The van der Waals surface area contributed by atoms with Gasteiger partial charge in [-0.3, -0.25) is 0 Å². The van der Waals surface area contributed by atoms with Crippen LogP contribution in [0.2, 0.25) is 10.2 Å². The van der Waals surface area contributed by atoms with Gasteiger partial charge in [-0.2, -0.15) is 15.1 Å². The molecule has 1 aliphatic carbocycles. The van der Waals surface area contributed by atoms with Crippen LogP contribution in [-0.4, -0.2) is 27.7 Å². The molecule has 1 aromatic carbocycles. The summed E-state index contributed by atoms with van der Waals surface area (Å²) in [6, 6.07) is 6.89. The quantitative estimate of drug-likeness (QED) is 0.411. The van der Waals surface area contributed by atoms with Crippen molar-refractivity contribution < 1.29 is 5.11 Å². The third-order valence-corrected chi connectivity index (χ3v) is 4.20. The van der Waals surface area contributed by atoms with Gasteiger partial charge in [0.2, 0.25) is 5.95 Å². The topological polar surface area (TPSA) is 109 Å². The van der Waals surface area contributed by atoms with Crippen molar-refractivity contribution in [2.45, 2.75) is 12.5 Å². The molecule has 1 aromatic heterocycles. The van der Waals surface area contributed by atoms with Crippen LogP contribution >= 0.6 is 23.2 Å². The van der Waals surface area contributed by atoms with Gasteiger partial charge in [-0.1, -0.05) is 35.4 Å². The Hall–Kier alpha value is -2.22. The van der Waals surface area contributed by atoms with Gasteiger partial charge in [0.05, 0.1) is 5.69 Å². The summed E-state index contributed by atoms with van der Waals surface area (Å²) in [7, 11) is 0. The average molecular weight is 379 g/mol. The molecule has 25 heavy (non-hydrogen) atoms. The van der Waals surface area contributed by atoms with E-state index in [9.17, 15) is 5.11 Å². The number of aliphatic hydroxyl groups excluding tert-OH is 1. The number of nitrogens with two attached hydrogens (primary N) is 1. The predicted octanol–water partition coefficient (Wildman–Crippen LogP) is 4.13. The van der Waals surface area contributed by atoms with Crippen LogP contribution in [0.5, 0.6) is 0 Å². The Labute approximate surface area is 154 Å². The number of azo groups is 1. The Morgan fingerprint density at radius 2 is 1.92 bits per heavy atom. The van der Waals surface area contributed by atoms with Gasteiger partial charge >= 0.3 is 0 Å². The monoisotopic (exact) mass is 378 g/mol. The van der Waals surface area contributed by atoms with Crippen molar-refractivity contribution in [2.75, 3.05) is 17.7 Å². The molecule has 1 heterocycles. The second-order valence-electron chi connectivity index (χ2n) is 5.56. The Balaban J connectivity index is 1.85. The van der Waals surface area contributed by atoms with Crippen LogP contribution in [0.4, 0.5) is 23.1 Å². The highest BCUT2D eigenvalue weighted by atomic mass is 35.5. The van der Waals surface area contributed by atoms with Crippen LogP contribution in [0.1, 0.15) is 6.42 Å². The van der Waals surface area contributed by atoms with Crippen LogP contribution in [-0.2, 0) is 0 Å². The summed E-state index contributed by atoms with van der Waals surface area (Å²) < 4.78 is 0. The van der Waals surface area contributed by atoms with E-state index in [0.29, 0.717) is 22.2 Å². The molecular formula is C16H16Cl2N6O. The van der Waals surface area contributed by atoms with E-state index in [2.05, 4.69) is 25.5 Å². The fourth-order valence-corrected chi connectivity index (χ4v) is 2.78. The smallest absolute Gasteiger partial charge is 0.223 e. The van der Waals surface area contributed by atoms with Crippen molar-refractivity contribution in [3.63, 3.8) is 0 Å². The first kappa shape index (κ1) is 17.6. The Bertz CT molecular complexity index is 809. The van der Waals surface area contributed by atoms with E-state index in [4.69, 9.17) is 28.9 Å². The summed E-state index contributed by atoms with van der Waals surface area (Å²) in [5.74, 6) is 0.549. The van der Waals surface area contributed by atoms with Gasteiger partial charge < -0.3 is 16.2 Å². The molecule has 0 aliphatic heterocycles. The van der Waals surface area contributed by atoms with E-state index in [0.717, 1.165) is 6.42 Å². The van der Waals surface area contributed by atoms with E-state index in [-0.39, 0.29) is 29.7 Å². The zero-order valence-corrected chi connectivity index (χ0v) is 14.6. The number of anilines is 2. The SMILES string of the molecule is Nc1nc(Cl)c(N=Nc2ccc(Cl)cc2)c(NC2C=CC(CO)C2)n1. The van der Waals surface area contributed by atoms with Crippen LogP contribution in [0, 0.1) is 5.92 Å². The van der Waals surface area contributed by atoms with Crippen molar-refractivity contribution in [2.24, 2.45) is 16.1 Å². The van der Waals surface area contributed by atoms with Gasteiger partial charge in [0, 0.05) is 23.6 Å². The molecule has 0 saturated carbocycles. The number of nitrogen functional groups attached to an aromatic ring is 1. The minimum absolute atomic E-state index is 0.00741. The summed E-state index contributed by atoms with van der Waals surface area (Å²) in [5.41, 5.74) is 6.60. The molecule has 0 radical (unpaired) electrons. The molecule has 2 aromatic rings. The lowest BCUT2D eigenvalue weighted by atomic mass is 10.1. The fraction of sp³-hybridized carbons (Fsp3) is 0.250. The van der Waals surface area contributed by atoms with E-state index in [1.165, 1.54) is 0 Å². The molecule has 3 rings (SSSR count). The van der Waals surface area contributed by atoms with Gasteiger partial charge in [0.25, 0.3) is 0 Å². The lowest BCUT2D eigenvalue weighted by molar-refractivity contribution is 0.250. The van der Waals surface area contributed by atoms with Gasteiger partial charge in [-0.25, -0.2) is 0 Å². The van der Waals surface area contributed by atoms with E-state index >= 15 is 0 Å². The number of benzene rings is 1. The summed E-state index contributed by atoms with van der Waals surface area (Å²) in [4.78, 5) is 8.10. The van der Waals surface area contributed by atoms with Crippen LogP contribution in [0.3, 0.4) is 0 Å². The fourth-order valence-electron chi connectivity index (χ4n) is 2.44. The predicted molar refractivity (Wildman–Crippen MR) is 98.8 cm³/mol. The minimum atomic E-state index is -0.00741. The third kappa shape index (κ3) is 4.45. The number of nitrogens with one attached hydrogen (secondary N) is 1. The number of aliphatic hydroxyl groups is 1. The number of rotatable bonds is 5. The summed E-state index contributed by atoms with van der Waals surface area (Å²) in [6.07, 6.45) is 4.66. The molecule has 0 bridgehead atoms. The van der Waals surface area contributed by atoms with E-state index in [1.807, 2.05) is 12.2 Å². The summed E-state index contributed by atoms with van der Waals surface area (Å²) >= 11 is 12.0. The Kier molecular flexibility index (Phi) is 5.47. The van der Waals surface area contributed by atoms with Gasteiger partial charge in [0.1, 0.15) is 0 Å². The van der Waals surface area contributed by atoms with Crippen molar-refractivity contribution in [3.8, 4) is 0 Å². The molecule has 0 amide bonds. The molecule has 7 nitrogen and oxygen atoms in total. The second kappa shape index (κ2) is 7.77. The van der Waals surface area contributed by atoms with Crippen molar-refractivity contribution >= 4 is 46.3 Å². The summed E-state index contributed by atoms with van der Waals surface area (Å²) in [6.45, 7) is 0.102. The van der Waals surface area contributed by atoms with Crippen LogP contribution < -0.4 is 11.1 Å². The molecule has 0 saturated heterocycles. The number of hydrogen-bond acceptors (Lipinski definition) is 7. The maximum absolute atomic E-state index is 9.23. The molecule has 0 fully saturated rings. The molecular weight excluding hydrogens is 363 g/mol. The Morgan fingerprint density at radius 1 is 1.16 bits per heavy atom. The van der Waals surface area contributed by atoms with E-state index in [1.54, 1.807) is 24.3 Å². The second-order valence-corrected chi connectivity index (χ2v) is 6.35. The van der Waals surface area contributed by atoms with Crippen LogP contribution in [0.15, 0.2) is 46.6 Å². The number of halogens is 2. The highest BCUT2D eigenvalue weighted by molar-refractivity contribution is 6.32. The standard InChI is InChI=1S/C16H16Cl2N6O/c17-10-2-5-11(6-3-10)23-24-13-14(18)21-16(19)22-15(13)20-12-4-1-9(7-12)8-25/h1-6,9,12,25H,7-8H2,(H3,19,20,21,22). The molecule has 0 spiro atoms. The van der Waals surface area contributed by atoms with Gasteiger partial charge in [0.15, 0.2) is 16.7 Å². The van der Waals surface area contributed by atoms with Crippen molar-refractivity contribution in [1.82, 2.24) is 9.97 Å². The molecule has 2 atom stereocenters. The summed E-state index contributed by atoms with van der Waals surface area (Å²) in [5, 5.41) is 21.5. The molecule has 130 valence electrons. The Morgan fingerprint density at radius 3 is 2.60 bits per heavy atom. The number of aromatic nitrogens is 2. The van der Waals surface area contributed by atoms with Crippen molar-refractivity contribution in [1.29, 1.82) is 0 Å². The number of hydrogen-bond donors (Lipinski definition) is 3. The maximum Gasteiger partial charge on any atom is 0.223 e. The molecule has 4 N–H and O–H groups in total. The molecule has 1 aliphatic rings. The van der Waals surface area contributed by atoms with E-state index < -0.39 is 0 Å². The normalized spacial score (nSPS) is 19.6. The molecule has 9 heteroatoms. The van der Waals surface area contributed by atoms with Gasteiger partial charge in [-0.05, 0) is 30.7 Å². The van der Waals surface area contributed by atoms with Gasteiger partial charge in [-0.15, -0.1) is 5.11 Å². The van der Waals surface area contributed by atoms with Crippen LogP contribution in [0.25, 0.3) is 0 Å². The lowest BCUT2D eigenvalue weighted by Crippen LogP contribution is -2.18. The highest BCUT2D eigenvalue weighted by Gasteiger charge is 2.21. The highest BCUT2D eigenvalue weighted by Crippen LogP contribution is 2.34. The first-order chi connectivity index (χ1) is 12.0. The zero-order chi connectivity index (χ0) is 17.8. The molecule has 2 unspecified atom stereocenters. The first-order valence-corrected chi connectivity index (χ1v) is 8.37. The third-order valence-electron chi connectivity index (χ3n) is 3.68. The first-order valence-electron chi connectivity index (χ1n) is 7.61. The average Bonchev–Trinajstić information content (AvgIpc) is 3.03. The largest absolute Gasteiger partial charge is 0.396 e.